The van der Waals surface area contributed by atoms with Crippen LogP contribution >= 0.6 is 0 Å². The number of rotatable bonds is 9. The van der Waals surface area contributed by atoms with Gasteiger partial charge in [-0.3, -0.25) is 0 Å². The fourth-order valence-electron chi connectivity index (χ4n) is 2.83. The summed E-state index contributed by atoms with van der Waals surface area (Å²) in [5, 5.41) is 9.48. The molecule has 0 saturated heterocycles. The Labute approximate surface area is 145 Å². The molecule has 4 nitrogen and oxygen atoms in total. The van der Waals surface area contributed by atoms with Crippen LogP contribution in [0.5, 0.6) is 0 Å². The summed E-state index contributed by atoms with van der Waals surface area (Å²) in [7, 11) is 0. The molecule has 134 valence electrons. The Balaban J connectivity index is 3.17. The molecule has 0 aromatic heterocycles. The van der Waals surface area contributed by atoms with Gasteiger partial charge in [-0.1, -0.05) is 47.5 Å². The third-order valence-corrected chi connectivity index (χ3v) is 4.40. The predicted octanol–water partition coefficient (Wildman–Crippen LogP) is 4.88. The fourth-order valence-corrected chi connectivity index (χ4v) is 2.83. The smallest absolute Gasteiger partial charge is 0.339 e. The lowest BCUT2D eigenvalue weighted by atomic mass is 9.95. The minimum atomic E-state index is -1.09. The highest BCUT2D eigenvalue weighted by Crippen LogP contribution is 2.22. The van der Waals surface area contributed by atoms with Crippen molar-refractivity contribution in [3.63, 3.8) is 0 Å². The minimum Gasteiger partial charge on any atom is -0.478 e. The second kappa shape index (κ2) is 9.45. The van der Waals surface area contributed by atoms with Crippen LogP contribution in [-0.2, 0) is 17.6 Å². The van der Waals surface area contributed by atoms with Gasteiger partial charge >= 0.3 is 11.9 Å². The van der Waals surface area contributed by atoms with Crippen LogP contribution in [0.3, 0.4) is 0 Å². The lowest BCUT2D eigenvalue weighted by Crippen LogP contribution is -2.25. The number of carbonyl (C=O) groups excluding carboxylic acids is 1. The molecule has 24 heavy (non-hydrogen) atoms. The van der Waals surface area contributed by atoms with Crippen LogP contribution in [-0.4, -0.2) is 23.1 Å². The SMILES string of the molecule is CCCCC(OC(=O)c1cc(CC)c(CC)cc1C(=O)O)C(C)C. The maximum absolute atomic E-state index is 12.6. The summed E-state index contributed by atoms with van der Waals surface area (Å²) >= 11 is 0. The average Bonchev–Trinajstić information content (AvgIpc) is 2.56. The van der Waals surface area contributed by atoms with E-state index in [4.69, 9.17) is 4.74 Å². The quantitative estimate of drug-likeness (QED) is 0.654. The summed E-state index contributed by atoms with van der Waals surface area (Å²) in [4.78, 5) is 24.2. The number of unbranched alkanes of at least 4 members (excludes halogenated alkanes) is 1. The van der Waals surface area contributed by atoms with E-state index < -0.39 is 11.9 Å². The van der Waals surface area contributed by atoms with E-state index in [0.29, 0.717) is 0 Å². The molecule has 1 unspecified atom stereocenters. The van der Waals surface area contributed by atoms with Gasteiger partial charge in [0.05, 0.1) is 11.1 Å². The number of hydrogen-bond donors (Lipinski definition) is 1. The summed E-state index contributed by atoms with van der Waals surface area (Å²) in [6.07, 6.45) is 4.13. The van der Waals surface area contributed by atoms with E-state index in [2.05, 4.69) is 6.92 Å². The molecule has 1 aromatic rings. The molecule has 0 amide bonds. The van der Waals surface area contributed by atoms with Crippen molar-refractivity contribution < 1.29 is 19.4 Å². The number of aromatic carboxylic acids is 1. The van der Waals surface area contributed by atoms with E-state index in [0.717, 1.165) is 43.2 Å². The molecule has 1 aromatic carbocycles. The Kier molecular flexibility index (Phi) is 7.96. The van der Waals surface area contributed by atoms with Gasteiger partial charge in [0.15, 0.2) is 0 Å². The Morgan fingerprint density at radius 2 is 1.58 bits per heavy atom. The Bertz CT molecular complexity index is 575. The third-order valence-electron chi connectivity index (χ3n) is 4.40. The first-order valence-electron chi connectivity index (χ1n) is 8.95. The van der Waals surface area contributed by atoms with Crippen LogP contribution in [0.25, 0.3) is 0 Å². The van der Waals surface area contributed by atoms with Crippen LogP contribution < -0.4 is 0 Å². The second-order valence-corrected chi connectivity index (χ2v) is 6.51. The molecule has 0 aliphatic heterocycles. The molecule has 0 aliphatic rings. The highest BCUT2D eigenvalue weighted by molar-refractivity contribution is 6.02. The topological polar surface area (TPSA) is 63.6 Å². The van der Waals surface area contributed by atoms with Gasteiger partial charge in [0.25, 0.3) is 0 Å². The first-order valence-corrected chi connectivity index (χ1v) is 8.95. The first kappa shape index (κ1) is 20.2. The number of aryl methyl sites for hydroxylation is 2. The molecule has 0 bridgehead atoms. The van der Waals surface area contributed by atoms with Crippen LogP contribution in [0.1, 0.15) is 85.7 Å². The van der Waals surface area contributed by atoms with Gasteiger partial charge in [-0.25, -0.2) is 9.59 Å². The molecule has 1 N–H and O–H groups in total. The number of carboxylic acids is 1. The molecule has 0 spiro atoms. The summed E-state index contributed by atoms with van der Waals surface area (Å²) in [6, 6.07) is 3.32. The van der Waals surface area contributed by atoms with Gasteiger partial charge in [-0.05, 0) is 48.4 Å². The molecule has 1 atom stereocenters. The van der Waals surface area contributed by atoms with Crippen LogP contribution in [0, 0.1) is 5.92 Å². The van der Waals surface area contributed by atoms with E-state index in [1.807, 2.05) is 27.7 Å². The Morgan fingerprint density at radius 1 is 1.04 bits per heavy atom. The van der Waals surface area contributed by atoms with E-state index in [-0.39, 0.29) is 23.1 Å². The van der Waals surface area contributed by atoms with E-state index in [1.165, 1.54) is 0 Å². The van der Waals surface area contributed by atoms with Gasteiger partial charge in [0, 0.05) is 0 Å². The lowest BCUT2D eigenvalue weighted by molar-refractivity contribution is 0.0148. The predicted molar refractivity (Wildman–Crippen MR) is 95.7 cm³/mol. The van der Waals surface area contributed by atoms with Crippen molar-refractivity contribution in [3.8, 4) is 0 Å². The lowest BCUT2D eigenvalue weighted by Gasteiger charge is -2.22. The van der Waals surface area contributed by atoms with Crippen molar-refractivity contribution >= 4 is 11.9 Å². The van der Waals surface area contributed by atoms with Gasteiger partial charge in [-0.15, -0.1) is 0 Å². The number of ether oxygens (including phenoxy) is 1. The van der Waals surface area contributed by atoms with Crippen molar-refractivity contribution in [2.45, 2.75) is 72.8 Å². The summed E-state index contributed by atoms with van der Waals surface area (Å²) in [6.45, 7) is 10.1. The van der Waals surface area contributed by atoms with Crippen LogP contribution in [0.4, 0.5) is 0 Å². The third kappa shape index (κ3) is 5.08. The summed E-state index contributed by atoms with van der Waals surface area (Å²) in [5.74, 6) is -1.41. The van der Waals surface area contributed by atoms with Gasteiger partial charge in [0.1, 0.15) is 6.10 Å². The highest BCUT2D eigenvalue weighted by Gasteiger charge is 2.24. The Morgan fingerprint density at radius 3 is 2.00 bits per heavy atom. The molecule has 4 heteroatoms. The van der Waals surface area contributed by atoms with E-state index in [1.54, 1.807) is 12.1 Å². The molecule has 0 heterocycles. The minimum absolute atomic E-state index is 0.0343. The van der Waals surface area contributed by atoms with Crippen molar-refractivity contribution in [3.05, 3.63) is 34.4 Å². The number of carboxylic acid groups (broad SMARTS) is 1. The molecule has 0 aliphatic carbocycles. The maximum atomic E-state index is 12.6. The zero-order valence-corrected chi connectivity index (χ0v) is 15.5. The van der Waals surface area contributed by atoms with Crippen LogP contribution in [0.2, 0.25) is 0 Å². The standard InChI is InChI=1S/C20H30O4/c1-6-9-10-18(13(4)5)24-20(23)17-12-15(8-3)14(7-2)11-16(17)19(21)22/h11-13,18H,6-10H2,1-5H3,(H,21,22). The van der Waals surface area contributed by atoms with Crippen molar-refractivity contribution in [1.82, 2.24) is 0 Å². The largest absolute Gasteiger partial charge is 0.478 e. The van der Waals surface area contributed by atoms with Crippen LogP contribution in [0.15, 0.2) is 12.1 Å². The Hall–Kier alpha value is -1.84. The molecular formula is C20H30O4. The average molecular weight is 334 g/mol. The molecule has 1 rings (SSSR count). The summed E-state index contributed by atoms with van der Waals surface area (Å²) < 4.78 is 5.66. The van der Waals surface area contributed by atoms with Gasteiger partial charge in [-0.2, -0.15) is 0 Å². The zero-order chi connectivity index (χ0) is 18.3. The van der Waals surface area contributed by atoms with Crippen molar-refractivity contribution in [1.29, 1.82) is 0 Å². The normalized spacial score (nSPS) is 12.2. The van der Waals surface area contributed by atoms with E-state index >= 15 is 0 Å². The first-order chi connectivity index (χ1) is 11.3. The summed E-state index contributed by atoms with van der Waals surface area (Å²) in [5.41, 5.74) is 2.17. The molecule has 0 saturated carbocycles. The van der Waals surface area contributed by atoms with Crippen molar-refractivity contribution in [2.24, 2.45) is 5.92 Å². The second-order valence-electron chi connectivity index (χ2n) is 6.51. The molecule has 0 fully saturated rings. The highest BCUT2D eigenvalue weighted by atomic mass is 16.5. The number of benzene rings is 1. The molecular weight excluding hydrogens is 304 g/mol. The number of esters is 1. The molecule has 0 radical (unpaired) electrons. The monoisotopic (exact) mass is 334 g/mol. The van der Waals surface area contributed by atoms with E-state index in [9.17, 15) is 14.7 Å². The number of carbonyl (C=O) groups is 2. The number of hydrogen-bond acceptors (Lipinski definition) is 3. The van der Waals surface area contributed by atoms with Crippen molar-refractivity contribution in [2.75, 3.05) is 0 Å². The van der Waals surface area contributed by atoms with Gasteiger partial charge in [0.2, 0.25) is 0 Å². The fraction of sp³-hybridized carbons (Fsp3) is 0.600. The maximum Gasteiger partial charge on any atom is 0.339 e. The zero-order valence-electron chi connectivity index (χ0n) is 15.5. The van der Waals surface area contributed by atoms with Gasteiger partial charge < -0.3 is 9.84 Å².